The largest absolute Gasteiger partial charge is 0.396 e. The van der Waals surface area contributed by atoms with E-state index in [1.54, 1.807) is 7.05 Å². The van der Waals surface area contributed by atoms with Crippen molar-refractivity contribution in [2.24, 2.45) is 0 Å². The molecule has 76 valence electrons. The summed E-state index contributed by atoms with van der Waals surface area (Å²) in [5, 5.41) is 10.8. The van der Waals surface area contributed by atoms with Crippen LogP contribution in [0, 0.1) is 0 Å². The molecular formula is C8H19F2NO. The van der Waals surface area contributed by atoms with E-state index in [1.165, 1.54) is 0 Å². The number of aliphatic hydroxyl groups is 1. The monoisotopic (exact) mass is 183 g/mol. The van der Waals surface area contributed by atoms with Crippen LogP contribution < -0.4 is 5.32 Å². The Kier molecular flexibility index (Phi) is 10.6. The maximum absolute atomic E-state index is 12.4. The van der Waals surface area contributed by atoms with Gasteiger partial charge >= 0.3 is 0 Å². The van der Waals surface area contributed by atoms with Crippen molar-refractivity contribution in [3.05, 3.63) is 0 Å². The van der Waals surface area contributed by atoms with E-state index in [4.69, 9.17) is 5.11 Å². The van der Waals surface area contributed by atoms with E-state index in [0.29, 0.717) is 0 Å². The molecule has 12 heavy (non-hydrogen) atoms. The predicted molar refractivity (Wildman–Crippen MR) is 46.5 cm³/mol. The molecule has 0 amide bonds. The zero-order chi connectivity index (χ0) is 10.0. The van der Waals surface area contributed by atoms with Gasteiger partial charge in [-0.3, -0.25) is 0 Å². The maximum atomic E-state index is 12.4. The summed E-state index contributed by atoms with van der Waals surface area (Å²) in [7, 11) is 1.62. The Bertz CT molecular complexity index is 89.1. The van der Waals surface area contributed by atoms with Crippen LogP contribution in [0.25, 0.3) is 0 Å². The van der Waals surface area contributed by atoms with E-state index < -0.39 is 19.0 Å². The Hall–Kier alpha value is -0.220. The second-order valence-electron chi connectivity index (χ2n) is 2.18. The molecular weight excluding hydrogens is 164 g/mol. The number of hydrogen-bond donors (Lipinski definition) is 2. The second-order valence-corrected chi connectivity index (χ2v) is 2.18. The molecule has 0 heterocycles. The first-order chi connectivity index (χ1) is 5.62. The predicted octanol–water partition coefficient (Wildman–Crippen LogP) is 1.64. The number of rotatable bonds is 5. The standard InChI is InChI=1S/C6H13F2NO.C2H6/c1-9-4-2-6(7,8)3-5-10;1-2/h9-10H,2-5H2,1H3;1-2H3. The van der Waals surface area contributed by atoms with Crippen LogP contribution in [0.15, 0.2) is 0 Å². The molecule has 4 heteroatoms. The number of hydrogen-bond acceptors (Lipinski definition) is 2. The van der Waals surface area contributed by atoms with Gasteiger partial charge in [0, 0.05) is 26.0 Å². The van der Waals surface area contributed by atoms with Gasteiger partial charge in [-0.2, -0.15) is 0 Å². The number of aliphatic hydroxyl groups excluding tert-OH is 1. The fraction of sp³-hybridized carbons (Fsp3) is 1.00. The lowest BCUT2D eigenvalue weighted by molar-refractivity contribution is -0.0278. The molecule has 2 N–H and O–H groups in total. The van der Waals surface area contributed by atoms with Crippen LogP contribution >= 0.6 is 0 Å². The van der Waals surface area contributed by atoms with Gasteiger partial charge in [-0.25, -0.2) is 8.78 Å². The Morgan fingerprint density at radius 3 is 2.08 bits per heavy atom. The van der Waals surface area contributed by atoms with Crippen LogP contribution in [0.2, 0.25) is 0 Å². The van der Waals surface area contributed by atoms with Crippen molar-refractivity contribution < 1.29 is 13.9 Å². The number of halogens is 2. The van der Waals surface area contributed by atoms with Crippen molar-refractivity contribution in [1.29, 1.82) is 0 Å². The van der Waals surface area contributed by atoms with Gasteiger partial charge in [0.05, 0.1) is 0 Å². The average molecular weight is 183 g/mol. The summed E-state index contributed by atoms with van der Waals surface area (Å²) in [5.74, 6) is -2.71. The molecule has 0 fully saturated rings. The lowest BCUT2D eigenvalue weighted by Crippen LogP contribution is -2.23. The Morgan fingerprint density at radius 2 is 1.75 bits per heavy atom. The molecule has 0 saturated heterocycles. The summed E-state index contributed by atoms with van der Waals surface area (Å²) in [4.78, 5) is 0. The van der Waals surface area contributed by atoms with E-state index in [1.807, 2.05) is 13.8 Å². The molecule has 0 aromatic carbocycles. The van der Waals surface area contributed by atoms with E-state index in [2.05, 4.69) is 5.32 Å². The molecule has 0 saturated carbocycles. The highest BCUT2D eigenvalue weighted by molar-refractivity contribution is 4.65. The third-order valence-corrected chi connectivity index (χ3v) is 1.22. The third-order valence-electron chi connectivity index (χ3n) is 1.22. The molecule has 0 unspecified atom stereocenters. The lowest BCUT2D eigenvalue weighted by Gasteiger charge is -2.13. The van der Waals surface area contributed by atoms with Gasteiger partial charge in [0.15, 0.2) is 0 Å². The van der Waals surface area contributed by atoms with Crippen molar-refractivity contribution in [2.45, 2.75) is 32.6 Å². The van der Waals surface area contributed by atoms with E-state index in [9.17, 15) is 8.78 Å². The zero-order valence-corrected chi connectivity index (χ0v) is 8.03. The second kappa shape index (κ2) is 8.87. The molecule has 0 aliphatic rings. The van der Waals surface area contributed by atoms with Crippen LogP contribution in [0.1, 0.15) is 26.7 Å². The Morgan fingerprint density at radius 1 is 1.25 bits per heavy atom. The zero-order valence-electron chi connectivity index (χ0n) is 8.03. The first-order valence-corrected chi connectivity index (χ1v) is 4.25. The summed E-state index contributed by atoms with van der Waals surface area (Å²) in [6.07, 6.45) is -0.640. The van der Waals surface area contributed by atoms with Gasteiger partial charge < -0.3 is 10.4 Å². The molecule has 0 radical (unpaired) electrons. The topological polar surface area (TPSA) is 32.3 Å². The first-order valence-electron chi connectivity index (χ1n) is 4.25. The molecule has 0 bridgehead atoms. The minimum atomic E-state index is -2.71. The van der Waals surface area contributed by atoms with Gasteiger partial charge in [0.2, 0.25) is 0 Å². The van der Waals surface area contributed by atoms with Crippen LogP contribution in [0.3, 0.4) is 0 Å². The average Bonchev–Trinajstić information content (AvgIpc) is 2.05. The highest BCUT2D eigenvalue weighted by Gasteiger charge is 2.26. The SMILES string of the molecule is CC.CNCCC(F)(F)CCO. The molecule has 0 aliphatic heterocycles. The van der Waals surface area contributed by atoms with Crippen LogP contribution in [-0.2, 0) is 0 Å². The fourth-order valence-corrected chi connectivity index (χ4v) is 0.596. The normalized spacial score (nSPS) is 10.5. The lowest BCUT2D eigenvalue weighted by atomic mass is 10.2. The summed E-state index contributed by atoms with van der Waals surface area (Å²) in [6, 6.07) is 0. The molecule has 0 spiro atoms. The molecule has 0 atom stereocenters. The van der Waals surface area contributed by atoms with Crippen LogP contribution in [-0.4, -0.2) is 31.2 Å². The van der Waals surface area contributed by atoms with E-state index in [0.717, 1.165) is 0 Å². The van der Waals surface area contributed by atoms with E-state index in [-0.39, 0.29) is 13.0 Å². The summed E-state index contributed by atoms with van der Waals surface area (Å²) < 4.78 is 24.8. The van der Waals surface area contributed by atoms with Crippen molar-refractivity contribution in [3.63, 3.8) is 0 Å². The van der Waals surface area contributed by atoms with Crippen molar-refractivity contribution >= 4 is 0 Å². The third kappa shape index (κ3) is 9.78. The fourth-order valence-electron chi connectivity index (χ4n) is 0.596. The van der Waals surface area contributed by atoms with Crippen molar-refractivity contribution in [3.8, 4) is 0 Å². The summed E-state index contributed by atoms with van der Waals surface area (Å²) in [6.45, 7) is 3.84. The maximum Gasteiger partial charge on any atom is 0.251 e. The van der Waals surface area contributed by atoms with Gasteiger partial charge in [-0.05, 0) is 7.05 Å². The van der Waals surface area contributed by atoms with Gasteiger partial charge in [0.25, 0.3) is 5.92 Å². The summed E-state index contributed by atoms with van der Waals surface area (Å²) in [5.41, 5.74) is 0. The Labute approximate surface area is 73.0 Å². The number of alkyl halides is 2. The minimum Gasteiger partial charge on any atom is -0.396 e. The molecule has 0 aliphatic carbocycles. The highest BCUT2D eigenvalue weighted by Crippen LogP contribution is 2.21. The first kappa shape index (κ1) is 14.3. The minimum absolute atomic E-state index is 0.204. The van der Waals surface area contributed by atoms with Gasteiger partial charge in [-0.15, -0.1) is 0 Å². The van der Waals surface area contributed by atoms with Crippen molar-refractivity contribution in [2.75, 3.05) is 20.2 Å². The van der Waals surface area contributed by atoms with Gasteiger partial charge in [-0.1, -0.05) is 13.8 Å². The smallest absolute Gasteiger partial charge is 0.251 e. The number of nitrogens with one attached hydrogen (secondary N) is 1. The quantitative estimate of drug-likeness (QED) is 0.679. The molecule has 0 aromatic heterocycles. The van der Waals surface area contributed by atoms with Crippen LogP contribution in [0.5, 0.6) is 0 Å². The molecule has 0 rings (SSSR count). The molecule has 0 aromatic rings. The van der Waals surface area contributed by atoms with Crippen molar-refractivity contribution in [1.82, 2.24) is 5.32 Å². The molecule has 2 nitrogen and oxygen atoms in total. The van der Waals surface area contributed by atoms with Gasteiger partial charge in [0.1, 0.15) is 0 Å². The van der Waals surface area contributed by atoms with Crippen LogP contribution in [0.4, 0.5) is 8.78 Å². The van der Waals surface area contributed by atoms with E-state index >= 15 is 0 Å². The highest BCUT2D eigenvalue weighted by atomic mass is 19.3. The Balaban J connectivity index is 0. The summed E-state index contributed by atoms with van der Waals surface area (Å²) >= 11 is 0.